The van der Waals surface area contributed by atoms with Crippen molar-refractivity contribution >= 4 is 15.8 Å². The molecule has 0 aliphatic carbocycles. The Labute approximate surface area is 93.3 Å². The highest BCUT2D eigenvalue weighted by molar-refractivity contribution is 7.91. The van der Waals surface area contributed by atoms with Gasteiger partial charge in [-0.15, -0.1) is 0 Å². The van der Waals surface area contributed by atoms with Crippen LogP contribution in [-0.2, 0) is 9.84 Å². The molecule has 6 heteroatoms. The molecule has 0 heterocycles. The Morgan fingerprint density at radius 3 is 2.56 bits per heavy atom. The van der Waals surface area contributed by atoms with Crippen LogP contribution in [0.25, 0.3) is 0 Å². The molecule has 16 heavy (non-hydrogen) atoms. The fraction of sp³-hybridized carbons (Fsp3) is 0.300. The summed E-state index contributed by atoms with van der Waals surface area (Å²) >= 11 is 0. The average Bonchev–Trinajstić information content (AvgIpc) is 2.16. The first-order chi connectivity index (χ1) is 7.33. The van der Waals surface area contributed by atoms with Crippen molar-refractivity contribution in [1.29, 1.82) is 0 Å². The van der Waals surface area contributed by atoms with Crippen molar-refractivity contribution in [3.8, 4) is 0 Å². The van der Waals surface area contributed by atoms with Gasteiger partial charge in [0.2, 0.25) is 0 Å². The molecule has 5 nitrogen and oxygen atoms in total. The Morgan fingerprint density at radius 2 is 2.06 bits per heavy atom. The van der Waals surface area contributed by atoms with Gasteiger partial charge in [-0.1, -0.05) is 6.07 Å². The average molecular weight is 244 g/mol. The lowest BCUT2D eigenvalue weighted by Gasteiger charge is -2.06. The maximum Gasteiger partial charge on any atom is 0.335 e. The summed E-state index contributed by atoms with van der Waals surface area (Å²) in [5.74, 6) is -1.61. The first-order valence-electron chi connectivity index (χ1n) is 4.57. The molecule has 0 aromatic heterocycles. The lowest BCUT2D eigenvalue weighted by molar-refractivity contribution is 0.0696. The van der Waals surface area contributed by atoms with Crippen LogP contribution in [0, 0.1) is 0 Å². The summed E-state index contributed by atoms with van der Waals surface area (Å²) in [7, 11) is -3.63. The van der Waals surface area contributed by atoms with Gasteiger partial charge in [-0.05, 0) is 25.1 Å². The highest BCUT2D eigenvalue weighted by Gasteiger charge is 2.18. The van der Waals surface area contributed by atoms with Gasteiger partial charge in [-0.3, -0.25) is 0 Å². The molecule has 0 aliphatic heterocycles. The number of hydrogen-bond donors (Lipinski definition) is 2. The molecule has 1 unspecified atom stereocenters. The van der Waals surface area contributed by atoms with Crippen molar-refractivity contribution in [2.75, 3.05) is 5.75 Å². The molecule has 0 saturated heterocycles. The van der Waals surface area contributed by atoms with E-state index in [0.717, 1.165) is 6.07 Å². The second kappa shape index (κ2) is 4.63. The van der Waals surface area contributed by atoms with E-state index in [-0.39, 0.29) is 10.5 Å². The van der Waals surface area contributed by atoms with Crippen LogP contribution < -0.4 is 0 Å². The molecule has 0 saturated carbocycles. The lowest BCUT2D eigenvalue weighted by Crippen LogP contribution is -2.18. The van der Waals surface area contributed by atoms with Gasteiger partial charge in [-0.2, -0.15) is 0 Å². The summed E-state index contributed by atoms with van der Waals surface area (Å²) in [5, 5.41) is 17.7. The largest absolute Gasteiger partial charge is 0.478 e. The van der Waals surface area contributed by atoms with E-state index >= 15 is 0 Å². The first-order valence-corrected chi connectivity index (χ1v) is 6.22. The van der Waals surface area contributed by atoms with Crippen LogP contribution in [0.1, 0.15) is 17.3 Å². The van der Waals surface area contributed by atoms with Gasteiger partial charge in [0.15, 0.2) is 9.84 Å². The maximum atomic E-state index is 11.7. The number of sulfone groups is 1. The number of aromatic carboxylic acids is 1. The summed E-state index contributed by atoms with van der Waals surface area (Å²) in [6.07, 6.45) is -0.988. The number of carboxylic acids is 1. The summed E-state index contributed by atoms with van der Waals surface area (Å²) < 4.78 is 23.3. The van der Waals surface area contributed by atoms with E-state index in [1.165, 1.54) is 25.1 Å². The SMILES string of the molecule is CC(O)CS(=O)(=O)c1cccc(C(=O)O)c1. The number of aliphatic hydroxyl groups excluding tert-OH is 1. The van der Waals surface area contributed by atoms with Crippen LogP contribution in [-0.4, -0.2) is 36.5 Å². The van der Waals surface area contributed by atoms with Crippen molar-refractivity contribution in [3.63, 3.8) is 0 Å². The van der Waals surface area contributed by atoms with Gasteiger partial charge in [-0.25, -0.2) is 13.2 Å². The molecule has 0 aliphatic rings. The van der Waals surface area contributed by atoms with Crippen LogP contribution in [0.3, 0.4) is 0 Å². The van der Waals surface area contributed by atoms with Gasteiger partial charge in [0.25, 0.3) is 0 Å². The number of rotatable bonds is 4. The Morgan fingerprint density at radius 1 is 1.44 bits per heavy atom. The fourth-order valence-corrected chi connectivity index (χ4v) is 2.66. The van der Waals surface area contributed by atoms with Gasteiger partial charge in [0.1, 0.15) is 0 Å². The normalized spacial score (nSPS) is 13.4. The predicted octanol–water partition coefficient (Wildman–Crippen LogP) is 0.539. The standard InChI is InChI=1S/C10H12O5S/c1-7(11)6-16(14,15)9-4-2-3-8(5-9)10(12)13/h2-5,7,11H,6H2,1H3,(H,12,13). The van der Waals surface area contributed by atoms with Crippen LogP contribution in [0.2, 0.25) is 0 Å². The Bertz CT molecular complexity index is 490. The van der Waals surface area contributed by atoms with E-state index < -0.39 is 27.7 Å². The molecule has 0 radical (unpaired) electrons. The molecule has 0 spiro atoms. The van der Waals surface area contributed by atoms with Crippen molar-refractivity contribution in [2.45, 2.75) is 17.9 Å². The molecule has 1 rings (SSSR count). The van der Waals surface area contributed by atoms with Crippen molar-refractivity contribution in [1.82, 2.24) is 0 Å². The van der Waals surface area contributed by atoms with Crippen LogP contribution in [0.5, 0.6) is 0 Å². The molecule has 1 aromatic rings. The van der Waals surface area contributed by atoms with Crippen molar-refractivity contribution in [3.05, 3.63) is 29.8 Å². The zero-order chi connectivity index (χ0) is 12.3. The fourth-order valence-electron chi connectivity index (χ4n) is 1.24. The molecule has 88 valence electrons. The third-order valence-corrected chi connectivity index (χ3v) is 3.79. The lowest BCUT2D eigenvalue weighted by atomic mass is 10.2. The number of carboxylic acid groups (broad SMARTS) is 1. The third kappa shape index (κ3) is 3.04. The monoisotopic (exact) mass is 244 g/mol. The van der Waals surface area contributed by atoms with Gasteiger partial charge < -0.3 is 10.2 Å². The molecule has 0 bridgehead atoms. The zero-order valence-corrected chi connectivity index (χ0v) is 9.44. The van der Waals surface area contributed by atoms with E-state index in [1.54, 1.807) is 0 Å². The highest BCUT2D eigenvalue weighted by Crippen LogP contribution is 2.14. The quantitative estimate of drug-likeness (QED) is 0.806. The van der Waals surface area contributed by atoms with E-state index in [9.17, 15) is 13.2 Å². The second-order valence-corrected chi connectivity index (χ2v) is 5.50. The van der Waals surface area contributed by atoms with Gasteiger partial charge in [0, 0.05) is 0 Å². The van der Waals surface area contributed by atoms with Crippen LogP contribution in [0.4, 0.5) is 0 Å². The summed E-state index contributed by atoms with van der Waals surface area (Å²) in [6.45, 7) is 1.36. The highest BCUT2D eigenvalue weighted by atomic mass is 32.2. The Balaban J connectivity index is 3.14. The molecule has 1 atom stereocenters. The van der Waals surface area contributed by atoms with E-state index in [4.69, 9.17) is 10.2 Å². The second-order valence-electron chi connectivity index (χ2n) is 3.46. The minimum atomic E-state index is -3.63. The van der Waals surface area contributed by atoms with E-state index in [0.29, 0.717) is 0 Å². The first kappa shape index (κ1) is 12.7. The summed E-state index contributed by atoms with van der Waals surface area (Å²) in [5.41, 5.74) is -0.0910. The van der Waals surface area contributed by atoms with Crippen molar-refractivity contribution in [2.24, 2.45) is 0 Å². The van der Waals surface area contributed by atoms with E-state index in [1.807, 2.05) is 0 Å². The predicted molar refractivity (Wildman–Crippen MR) is 57.1 cm³/mol. The smallest absolute Gasteiger partial charge is 0.335 e. The molecule has 0 fully saturated rings. The Kier molecular flexibility index (Phi) is 3.66. The number of hydrogen-bond acceptors (Lipinski definition) is 4. The Hall–Kier alpha value is -1.40. The minimum Gasteiger partial charge on any atom is -0.478 e. The minimum absolute atomic E-state index is 0.0895. The number of aliphatic hydroxyl groups is 1. The topological polar surface area (TPSA) is 91.7 Å². The van der Waals surface area contributed by atoms with Crippen LogP contribution >= 0.6 is 0 Å². The molecular formula is C10H12O5S. The molecule has 2 N–H and O–H groups in total. The van der Waals surface area contributed by atoms with Gasteiger partial charge in [0.05, 0.1) is 22.3 Å². The number of carbonyl (C=O) groups is 1. The third-order valence-electron chi connectivity index (χ3n) is 1.90. The molecular weight excluding hydrogens is 232 g/mol. The van der Waals surface area contributed by atoms with Gasteiger partial charge >= 0.3 is 5.97 Å². The van der Waals surface area contributed by atoms with E-state index in [2.05, 4.69) is 0 Å². The zero-order valence-electron chi connectivity index (χ0n) is 8.62. The van der Waals surface area contributed by atoms with Crippen molar-refractivity contribution < 1.29 is 23.4 Å². The summed E-state index contributed by atoms with van der Waals surface area (Å²) in [6, 6.07) is 5.06. The summed E-state index contributed by atoms with van der Waals surface area (Å²) in [4.78, 5) is 10.6. The molecule has 0 amide bonds. The molecule has 1 aromatic carbocycles. The van der Waals surface area contributed by atoms with Crippen LogP contribution in [0.15, 0.2) is 29.2 Å². The number of benzene rings is 1. The maximum absolute atomic E-state index is 11.7.